The van der Waals surface area contributed by atoms with Crippen molar-refractivity contribution in [3.63, 3.8) is 0 Å². The van der Waals surface area contributed by atoms with Gasteiger partial charge in [0.25, 0.3) is 0 Å². The largest absolute Gasteiger partial charge is 0.493 e. The van der Waals surface area contributed by atoms with Crippen LogP contribution in [-0.4, -0.2) is 32.6 Å². The van der Waals surface area contributed by atoms with Gasteiger partial charge in [-0.3, -0.25) is 9.78 Å². The number of carboxylic acids is 1. The summed E-state index contributed by atoms with van der Waals surface area (Å²) in [4.78, 5) is 25.0. The Kier molecular flexibility index (Phi) is 5.74. The van der Waals surface area contributed by atoms with Crippen LogP contribution in [0.3, 0.4) is 0 Å². The number of ether oxygens (including phenoxy) is 1. The van der Waals surface area contributed by atoms with Crippen LogP contribution in [0.15, 0.2) is 91.6 Å². The van der Waals surface area contributed by atoms with Crippen molar-refractivity contribution in [2.24, 2.45) is 0 Å². The quantitative estimate of drug-likeness (QED) is 0.261. The number of carbonyl (C=O) groups is 1. The van der Waals surface area contributed by atoms with Gasteiger partial charge in [-0.15, -0.1) is 0 Å². The van der Waals surface area contributed by atoms with Crippen molar-refractivity contribution in [2.75, 3.05) is 6.61 Å². The van der Waals surface area contributed by atoms with Gasteiger partial charge in [-0.25, -0.2) is 9.97 Å². The molecule has 0 amide bonds. The molecule has 194 valence electrons. The average molecular weight is 524 g/mol. The highest BCUT2D eigenvalue weighted by molar-refractivity contribution is 6.09. The highest BCUT2D eigenvalue weighted by Crippen LogP contribution is 2.43. The lowest BCUT2D eigenvalue weighted by Gasteiger charge is -2.22. The average Bonchev–Trinajstić information content (AvgIpc) is 2.98. The van der Waals surface area contributed by atoms with Crippen LogP contribution in [0, 0.1) is 6.92 Å². The molecule has 0 bridgehead atoms. The molecule has 0 fully saturated rings. The fourth-order valence-electron chi connectivity index (χ4n) is 5.86. The molecule has 6 aromatic rings. The van der Waals surface area contributed by atoms with Crippen LogP contribution >= 0.6 is 0 Å². The van der Waals surface area contributed by atoms with Gasteiger partial charge >= 0.3 is 5.97 Å². The predicted octanol–water partition coefficient (Wildman–Crippen LogP) is 7.05. The van der Waals surface area contributed by atoms with Crippen LogP contribution in [-0.2, 0) is 17.6 Å². The van der Waals surface area contributed by atoms with Crippen LogP contribution in [0.1, 0.15) is 16.7 Å². The van der Waals surface area contributed by atoms with Crippen molar-refractivity contribution in [2.45, 2.75) is 19.8 Å². The van der Waals surface area contributed by atoms with Crippen molar-refractivity contribution in [3.8, 4) is 39.1 Å². The van der Waals surface area contributed by atoms with Gasteiger partial charge < -0.3 is 9.84 Å². The lowest BCUT2D eigenvalue weighted by Crippen LogP contribution is -2.10. The number of benzene rings is 4. The van der Waals surface area contributed by atoms with E-state index in [1.807, 2.05) is 31.3 Å². The van der Waals surface area contributed by atoms with Crippen molar-refractivity contribution >= 4 is 27.6 Å². The van der Waals surface area contributed by atoms with Crippen LogP contribution in [0.4, 0.5) is 0 Å². The summed E-state index contributed by atoms with van der Waals surface area (Å²) in [7, 11) is 0. The third-order valence-corrected chi connectivity index (χ3v) is 7.75. The lowest BCUT2D eigenvalue weighted by atomic mass is 9.86. The second-order valence-corrected chi connectivity index (χ2v) is 10.2. The minimum Gasteiger partial charge on any atom is -0.493 e. The number of hydrogen-bond acceptors (Lipinski definition) is 5. The Hall–Kier alpha value is -5.10. The molecule has 0 spiro atoms. The van der Waals surface area contributed by atoms with Crippen LogP contribution in [0.25, 0.3) is 55.1 Å². The molecule has 6 heteroatoms. The van der Waals surface area contributed by atoms with E-state index >= 15 is 0 Å². The Balaban J connectivity index is 1.41. The van der Waals surface area contributed by atoms with Crippen LogP contribution in [0.5, 0.6) is 5.75 Å². The molecular weight excluding hydrogens is 498 g/mol. The Morgan fingerprint density at radius 3 is 2.42 bits per heavy atom. The molecular formula is C34H25N3O3. The molecule has 1 aliphatic heterocycles. The second kappa shape index (κ2) is 9.58. The molecule has 1 aliphatic rings. The van der Waals surface area contributed by atoms with E-state index in [1.165, 1.54) is 11.9 Å². The zero-order valence-electron chi connectivity index (χ0n) is 21.9. The maximum Gasteiger partial charge on any atom is 0.307 e. The number of aromatic nitrogens is 3. The maximum atomic E-state index is 12.0. The third kappa shape index (κ3) is 4.05. The van der Waals surface area contributed by atoms with Gasteiger partial charge in [-0.05, 0) is 80.9 Å². The Bertz CT molecular complexity index is 1920. The number of pyridine rings is 1. The maximum absolute atomic E-state index is 12.0. The summed E-state index contributed by atoms with van der Waals surface area (Å²) in [6.07, 6.45) is 7.74. The van der Waals surface area contributed by atoms with Crippen LogP contribution < -0.4 is 4.74 Å². The first kappa shape index (κ1) is 24.0. The van der Waals surface area contributed by atoms with Gasteiger partial charge in [0.1, 0.15) is 12.1 Å². The molecule has 0 radical (unpaired) electrons. The van der Waals surface area contributed by atoms with E-state index in [9.17, 15) is 9.90 Å². The summed E-state index contributed by atoms with van der Waals surface area (Å²) in [6, 6.07) is 22.9. The number of nitrogens with zero attached hydrogens (tertiary/aromatic N) is 3. The van der Waals surface area contributed by atoms with Gasteiger partial charge in [-0.2, -0.15) is 0 Å². The zero-order chi connectivity index (χ0) is 27.2. The normalized spacial score (nSPS) is 12.4. The van der Waals surface area contributed by atoms with Crippen molar-refractivity contribution in [1.82, 2.24) is 15.0 Å². The van der Waals surface area contributed by atoms with Crippen molar-refractivity contribution < 1.29 is 14.6 Å². The molecule has 0 saturated carbocycles. The first-order valence-electron chi connectivity index (χ1n) is 13.2. The highest BCUT2D eigenvalue weighted by Gasteiger charge is 2.22. The van der Waals surface area contributed by atoms with E-state index < -0.39 is 5.97 Å². The number of carboxylic acid groups (broad SMARTS) is 1. The molecule has 0 unspecified atom stereocenters. The molecule has 2 aromatic heterocycles. The first-order valence-corrected chi connectivity index (χ1v) is 13.2. The molecule has 0 saturated heterocycles. The molecule has 4 aromatic carbocycles. The van der Waals surface area contributed by atoms with E-state index in [4.69, 9.17) is 9.72 Å². The monoisotopic (exact) mass is 523 g/mol. The molecule has 0 atom stereocenters. The van der Waals surface area contributed by atoms with E-state index in [2.05, 4.69) is 58.5 Å². The fraction of sp³-hybridized carbons (Fsp3) is 0.118. The minimum atomic E-state index is -0.858. The SMILES string of the molecule is Cc1cc2cc(-c3ccc(-c4cncnc4)cc3)ccc2c(-c2ccc3c4c(ccnc24)CCO3)c1CC(=O)O. The molecule has 1 N–H and O–H groups in total. The minimum absolute atomic E-state index is 0.0665. The van der Waals surface area contributed by atoms with Gasteiger partial charge in [0.05, 0.1) is 18.5 Å². The van der Waals surface area contributed by atoms with E-state index in [0.29, 0.717) is 6.61 Å². The number of aryl methyl sites for hydroxylation is 1. The Labute approximate surface area is 231 Å². The second-order valence-electron chi connectivity index (χ2n) is 10.2. The van der Waals surface area contributed by atoms with Gasteiger partial charge in [0, 0.05) is 41.5 Å². The molecule has 6 nitrogen and oxygen atoms in total. The summed E-state index contributed by atoms with van der Waals surface area (Å²) in [5, 5.41) is 12.9. The third-order valence-electron chi connectivity index (χ3n) is 7.75. The van der Waals surface area contributed by atoms with E-state index in [1.54, 1.807) is 12.4 Å². The molecule has 40 heavy (non-hydrogen) atoms. The Morgan fingerprint density at radius 1 is 0.900 bits per heavy atom. The smallest absolute Gasteiger partial charge is 0.307 e. The number of fused-ring (bicyclic) bond motifs is 1. The summed E-state index contributed by atoms with van der Waals surface area (Å²) in [5.74, 6) is -0.0270. The molecule has 0 aliphatic carbocycles. The summed E-state index contributed by atoms with van der Waals surface area (Å²) in [5.41, 5.74) is 9.86. The van der Waals surface area contributed by atoms with Crippen molar-refractivity contribution in [1.29, 1.82) is 0 Å². The van der Waals surface area contributed by atoms with Gasteiger partial charge in [-0.1, -0.05) is 42.5 Å². The zero-order valence-corrected chi connectivity index (χ0v) is 21.9. The van der Waals surface area contributed by atoms with Gasteiger partial charge in [0.2, 0.25) is 0 Å². The standard InChI is InChI=1S/C34H25N3O3/c1-20-14-25-15-24(21-2-4-22(5-3-21)26-17-35-19-36-18-26)6-7-27(25)33(29(20)16-31(38)39)28-8-9-30-32-23(11-13-40-30)10-12-37-34(28)32/h2-10,12,14-15,17-19H,11,13,16H2,1H3,(H,38,39). The highest BCUT2D eigenvalue weighted by atomic mass is 16.5. The summed E-state index contributed by atoms with van der Waals surface area (Å²) >= 11 is 0. The first-order chi connectivity index (χ1) is 19.6. The van der Waals surface area contributed by atoms with Crippen LogP contribution in [0.2, 0.25) is 0 Å². The van der Waals surface area contributed by atoms with Gasteiger partial charge in [0.15, 0.2) is 0 Å². The number of rotatable bonds is 5. The molecule has 7 rings (SSSR count). The number of hydrogen-bond donors (Lipinski definition) is 1. The van der Waals surface area contributed by atoms with Crippen molar-refractivity contribution in [3.05, 3.63) is 108 Å². The fourth-order valence-corrected chi connectivity index (χ4v) is 5.86. The lowest BCUT2D eigenvalue weighted by molar-refractivity contribution is -0.136. The topological polar surface area (TPSA) is 85.2 Å². The number of aliphatic carboxylic acids is 1. The summed E-state index contributed by atoms with van der Waals surface area (Å²) < 4.78 is 5.95. The summed E-state index contributed by atoms with van der Waals surface area (Å²) in [6.45, 7) is 2.64. The molecule has 3 heterocycles. The van der Waals surface area contributed by atoms with E-state index in [-0.39, 0.29) is 6.42 Å². The predicted molar refractivity (Wildman–Crippen MR) is 156 cm³/mol. The van der Waals surface area contributed by atoms with E-state index in [0.717, 1.165) is 78.4 Å². The Morgan fingerprint density at radius 2 is 1.65 bits per heavy atom.